The molecular weight excluding hydrogens is 266 g/mol. The summed E-state index contributed by atoms with van der Waals surface area (Å²) in [4.78, 5) is 21.9. The van der Waals surface area contributed by atoms with Crippen LogP contribution in [-0.4, -0.2) is 21.8 Å². The van der Waals surface area contributed by atoms with Gasteiger partial charge in [-0.15, -0.1) is 11.8 Å². The van der Waals surface area contributed by atoms with Crippen LogP contribution in [0.4, 0.5) is 5.69 Å². The Bertz CT molecular complexity index is 497. The summed E-state index contributed by atoms with van der Waals surface area (Å²) in [5, 5.41) is 19.8. The lowest BCUT2D eigenvalue weighted by Gasteiger charge is -2.08. The highest BCUT2D eigenvalue weighted by atomic mass is 32.2. The number of thioether (sulfide) groups is 1. The van der Waals surface area contributed by atoms with E-state index in [4.69, 9.17) is 5.11 Å². The van der Waals surface area contributed by atoms with Crippen LogP contribution in [0.2, 0.25) is 0 Å². The van der Waals surface area contributed by atoms with Gasteiger partial charge in [-0.05, 0) is 30.9 Å². The van der Waals surface area contributed by atoms with Crippen LogP contribution in [-0.2, 0) is 0 Å². The molecule has 0 heterocycles. The number of carboxylic acid groups (broad SMARTS) is 1. The van der Waals surface area contributed by atoms with Crippen molar-refractivity contribution in [3.8, 4) is 0 Å². The Morgan fingerprint density at radius 3 is 2.68 bits per heavy atom. The average molecular weight is 281 g/mol. The average Bonchev–Trinajstić information content (AvgIpc) is 2.88. The zero-order valence-corrected chi connectivity index (χ0v) is 11.2. The Morgan fingerprint density at radius 2 is 2.11 bits per heavy atom. The van der Waals surface area contributed by atoms with E-state index in [2.05, 4.69) is 0 Å². The molecule has 0 unspecified atom stereocenters. The number of hydrogen-bond donors (Lipinski definition) is 1. The molecule has 1 aromatic carbocycles. The van der Waals surface area contributed by atoms with E-state index in [0.717, 1.165) is 10.6 Å². The van der Waals surface area contributed by atoms with Crippen LogP contribution in [0.5, 0.6) is 0 Å². The molecule has 102 valence electrons. The Kier molecular flexibility index (Phi) is 4.42. The molecule has 0 bridgehead atoms. The molecule has 19 heavy (non-hydrogen) atoms. The molecule has 1 saturated carbocycles. The summed E-state index contributed by atoms with van der Waals surface area (Å²) >= 11 is 1.57. The molecule has 0 atom stereocenters. The molecule has 1 aliphatic rings. The van der Waals surface area contributed by atoms with Crippen LogP contribution in [0.15, 0.2) is 23.1 Å². The van der Waals surface area contributed by atoms with Gasteiger partial charge in [-0.1, -0.05) is 12.8 Å². The second-order valence-corrected chi connectivity index (χ2v) is 5.80. The van der Waals surface area contributed by atoms with Gasteiger partial charge in [-0.3, -0.25) is 10.1 Å². The van der Waals surface area contributed by atoms with Crippen LogP contribution in [0.3, 0.4) is 0 Å². The van der Waals surface area contributed by atoms with Crippen molar-refractivity contribution < 1.29 is 14.8 Å². The minimum Gasteiger partial charge on any atom is -0.477 e. The number of aromatic carboxylic acids is 1. The van der Waals surface area contributed by atoms with Crippen LogP contribution in [0.1, 0.15) is 36.0 Å². The Labute approximate surface area is 115 Å². The van der Waals surface area contributed by atoms with Gasteiger partial charge >= 0.3 is 5.97 Å². The Morgan fingerprint density at radius 1 is 1.42 bits per heavy atom. The first-order chi connectivity index (χ1) is 9.08. The van der Waals surface area contributed by atoms with E-state index in [0.29, 0.717) is 5.92 Å². The van der Waals surface area contributed by atoms with Crippen molar-refractivity contribution in [3.05, 3.63) is 33.9 Å². The number of carbonyl (C=O) groups is 1. The lowest BCUT2D eigenvalue weighted by Crippen LogP contribution is -2.03. The first-order valence-electron chi connectivity index (χ1n) is 6.22. The number of benzene rings is 1. The number of rotatable bonds is 5. The molecule has 5 nitrogen and oxygen atoms in total. The van der Waals surface area contributed by atoms with Gasteiger partial charge in [0.1, 0.15) is 5.56 Å². The molecule has 2 rings (SSSR count). The van der Waals surface area contributed by atoms with Crippen molar-refractivity contribution in [3.63, 3.8) is 0 Å². The highest BCUT2D eigenvalue weighted by Gasteiger charge is 2.21. The molecule has 1 aromatic rings. The standard InChI is InChI=1S/C13H15NO4S/c15-13(16)11-6-5-10(7-12(11)14(17)18)19-8-9-3-1-2-4-9/h5-7,9H,1-4,8H2,(H,15,16). The van der Waals surface area contributed by atoms with Gasteiger partial charge in [0.25, 0.3) is 5.69 Å². The summed E-state index contributed by atoms with van der Waals surface area (Å²) < 4.78 is 0. The first kappa shape index (κ1) is 13.9. The normalized spacial score (nSPS) is 15.6. The molecule has 0 saturated heterocycles. The fraction of sp³-hybridized carbons (Fsp3) is 0.462. The number of nitrogens with zero attached hydrogens (tertiary/aromatic N) is 1. The Hall–Kier alpha value is -1.56. The fourth-order valence-corrected chi connectivity index (χ4v) is 3.44. The highest BCUT2D eigenvalue weighted by Crippen LogP contribution is 2.33. The Balaban J connectivity index is 2.11. The third-order valence-electron chi connectivity index (χ3n) is 3.36. The molecule has 6 heteroatoms. The van der Waals surface area contributed by atoms with E-state index in [1.165, 1.54) is 37.8 Å². The van der Waals surface area contributed by atoms with Crippen molar-refractivity contribution >= 4 is 23.4 Å². The molecule has 0 amide bonds. The maximum Gasteiger partial charge on any atom is 0.342 e. The van der Waals surface area contributed by atoms with Gasteiger partial charge in [0.05, 0.1) is 4.92 Å². The van der Waals surface area contributed by atoms with Gasteiger partial charge in [0, 0.05) is 16.7 Å². The van der Waals surface area contributed by atoms with E-state index >= 15 is 0 Å². The van der Waals surface area contributed by atoms with E-state index in [1.807, 2.05) is 0 Å². The van der Waals surface area contributed by atoms with Crippen LogP contribution >= 0.6 is 11.8 Å². The quantitative estimate of drug-likeness (QED) is 0.507. The molecule has 1 aliphatic carbocycles. The fourth-order valence-electron chi connectivity index (χ4n) is 2.32. The van der Waals surface area contributed by atoms with Crippen molar-refractivity contribution in [1.29, 1.82) is 0 Å². The molecule has 0 spiro atoms. The monoisotopic (exact) mass is 281 g/mol. The van der Waals surface area contributed by atoms with Crippen molar-refractivity contribution in [1.82, 2.24) is 0 Å². The van der Waals surface area contributed by atoms with Crippen LogP contribution in [0, 0.1) is 16.0 Å². The molecule has 1 N–H and O–H groups in total. The number of nitro benzene ring substituents is 1. The van der Waals surface area contributed by atoms with Gasteiger partial charge in [0.15, 0.2) is 0 Å². The van der Waals surface area contributed by atoms with E-state index in [1.54, 1.807) is 17.8 Å². The lowest BCUT2D eigenvalue weighted by molar-refractivity contribution is -0.385. The largest absolute Gasteiger partial charge is 0.477 e. The van der Waals surface area contributed by atoms with E-state index in [-0.39, 0.29) is 11.3 Å². The SMILES string of the molecule is O=C(O)c1ccc(SCC2CCCC2)cc1[N+](=O)[O-]. The van der Waals surface area contributed by atoms with Crippen molar-refractivity contribution in [2.75, 3.05) is 5.75 Å². The van der Waals surface area contributed by atoms with E-state index < -0.39 is 10.9 Å². The minimum absolute atomic E-state index is 0.254. The zero-order chi connectivity index (χ0) is 13.8. The summed E-state index contributed by atoms with van der Waals surface area (Å²) in [5.74, 6) is 0.367. The summed E-state index contributed by atoms with van der Waals surface area (Å²) in [6.07, 6.45) is 4.98. The van der Waals surface area contributed by atoms with Crippen molar-refractivity contribution in [2.45, 2.75) is 30.6 Å². The number of carboxylic acids is 1. The molecule has 0 radical (unpaired) electrons. The maximum absolute atomic E-state index is 10.9. The van der Waals surface area contributed by atoms with Crippen LogP contribution in [0.25, 0.3) is 0 Å². The van der Waals surface area contributed by atoms with Gasteiger partial charge in [-0.25, -0.2) is 4.79 Å². The van der Waals surface area contributed by atoms with Gasteiger partial charge in [0.2, 0.25) is 0 Å². The minimum atomic E-state index is -1.26. The molecular formula is C13H15NO4S. The topological polar surface area (TPSA) is 80.4 Å². The predicted octanol–water partition coefficient (Wildman–Crippen LogP) is 3.58. The van der Waals surface area contributed by atoms with E-state index in [9.17, 15) is 14.9 Å². The summed E-state index contributed by atoms with van der Waals surface area (Å²) in [5.41, 5.74) is -0.584. The zero-order valence-electron chi connectivity index (χ0n) is 10.4. The lowest BCUT2D eigenvalue weighted by atomic mass is 10.1. The molecule has 1 fully saturated rings. The maximum atomic E-state index is 10.9. The summed E-state index contributed by atoms with van der Waals surface area (Å²) in [7, 11) is 0. The third-order valence-corrected chi connectivity index (χ3v) is 4.58. The third kappa shape index (κ3) is 3.47. The molecule has 0 aromatic heterocycles. The predicted molar refractivity (Wildman–Crippen MR) is 72.7 cm³/mol. The number of hydrogen-bond acceptors (Lipinski definition) is 4. The second kappa shape index (κ2) is 6.06. The van der Waals surface area contributed by atoms with Crippen LogP contribution < -0.4 is 0 Å². The van der Waals surface area contributed by atoms with Crippen molar-refractivity contribution in [2.24, 2.45) is 5.92 Å². The van der Waals surface area contributed by atoms with Gasteiger partial charge in [-0.2, -0.15) is 0 Å². The first-order valence-corrected chi connectivity index (χ1v) is 7.21. The number of nitro groups is 1. The second-order valence-electron chi connectivity index (χ2n) is 4.70. The highest BCUT2D eigenvalue weighted by molar-refractivity contribution is 7.99. The summed E-state index contributed by atoms with van der Waals surface area (Å²) in [6, 6.07) is 4.33. The molecule has 0 aliphatic heterocycles. The smallest absolute Gasteiger partial charge is 0.342 e. The van der Waals surface area contributed by atoms with Gasteiger partial charge < -0.3 is 5.11 Å². The summed E-state index contributed by atoms with van der Waals surface area (Å²) in [6.45, 7) is 0.